The van der Waals surface area contributed by atoms with Crippen molar-refractivity contribution >= 4 is 0 Å². The fourth-order valence-electron chi connectivity index (χ4n) is 2.57. The standard InChI is InChI=1S/C16H21N3O/c1-13(15-7-8-20-12-15)17-9-14-10-18-19(11-14)16-5-3-2-4-6-16/h2-6,10-11,13,15,17H,7-9,12H2,1H3. The molecule has 1 aliphatic heterocycles. The lowest BCUT2D eigenvalue weighted by atomic mass is 10.0. The molecule has 1 aromatic carbocycles. The normalized spacial score (nSPS) is 20.1. The molecular formula is C16H21N3O. The lowest BCUT2D eigenvalue weighted by molar-refractivity contribution is 0.178. The van der Waals surface area contributed by atoms with Crippen LogP contribution in [0.2, 0.25) is 0 Å². The highest BCUT2D eigenvalue weighted by molar-refractivity contribution is 5.30. The minimum atomic E-state index is 0.484. The van der Waals surface area contributed by atoms with Gasteiger partial charge >= 0.3 is 0 Å². The van der Waals surface area contributed by atoms with E-state index in [-0.39, 0.29) is 0 Å². The van der Waals surface area contributed by atoms with Crippen molar-refractivity contribution in [1.82, 2.24) is 15.1 Å². The summed E-state index contributed by atoms with van der Waals surface area (Å²) in [4.78, 5) is 0. The van der Waals surface area contributed by atoms with Crippen LogP contribution in [0.25, 0.3) is 5.69 Å². The average Bonchev–Trinajstić information content (AvgIpc) is 3.17. The number of rotatable bonds is 5. The summed E-state index contributed by atoms with van der Waals surface area (Å²) >= 11 is 0. The molecule has 106 valence electrons. The van der Waals surface area contributed by atoms with E-state index in [0.29, 0.717) is 12.0 Å². The van der Waals surface area contributed by atoms with Gasteiger partial charge in [0.1, 0.15) is 0 Å². The van der Waals surface area contributed by atoms with Crippen LogP contribution < -0.4 is 5.32 Å². The maximum absolute atomic E-state index is 5.44. The van der Waals surface area contributed by atoms with Crippen molar-refractivity contribution in [3.63, 3.8) is 0 Å². The third kappa shape index (κ3) is 3.08. The van der Waals surface area contributed by atoms with Crippen LogP contribution in [0.3, 0.4) is 0 Å². The molecule has 2 aromatic rings. The highest BCUT2D eigenvalue weighted by Crippen LogP contribution is 2.16. The number of hydrogen-bond donors (Lipinski definition) is 1. The van der Waals surface area contributed by atoms with Gasteiger partial charge in [-0.1, -0.05) is 18.2 Å². The molecule has 1 fully saturated rings. The number of nitrogens with one attached hydrogen (secondary N) is 1. The van der Waals surface area contributed by atoms with Gasteiger partial charge in [-0.15, -0.1) is 0 Å². The Hall–Kier alpha value is -1.65. The Morgan fingerprint density at radius 2 is 2.25 bits per heavy atom. The molecule has 1 aromatic heterocycles. The fraction of sp³-hybridized carbons (Fsp3) is 0.438. The lowest BCUT2D eigenvalue weighted by Crippen LogP contribution is -2.33. The summed E-state index contributed by atoms with van der Waals surface area (Å²) in [5.74, 6) is 0.638. The van der Waals surface area contributed by atoms with Gasteiger partial charge in [-0.25, -0.2) is 4.68 Å². The van der Waals surface area contributed by atoms with Crippen LogP contribution in [-0.4, -0.2) is 29.0 Å². The summed E-state index contributed by atoms with van der Waals surface area (Å²) < 4.78 is 7.35. The third-order valence-electron chi connectivity index (χ3n) is 3.96. The van der Waals surface area contributed by atoms with Gasteiger partial charge in [-0.05, 0) is 31.4 Å². The molecule has 1 saturated heterocycles. The number of ether oxygens (including phenoxy) is 1. The predicted molar refractivity (Wildman–Crippen MR) is 78.8 cm³/mol. The van der Waals surface area contributed by atoms with Gasteiger partial charge in [-0.3, -0.25) is 0 Å². The highest BCUT2D eigenvalue weighted by atomic mass is 16.5. The van der Waals surface area contributed by atoms with Gasteiger partial charge in [0.25, 0.3) is 0 Å². The second-order valence-corrected chi connectivity index (χ2v) is 5.42. The molecule has 1 N–H and O–H groups in total. The minimum absolute atomic E-state index is 0.484. The molecule has 0 amide bonds. The second-order valence-electron chi connectivity index (χ2n) is 5.42. The van der Waals surface area contributed by atoms with Crippen LogP contribution in [0.1, 0.15) is 18.9 Å². The van der Waals surface area contributed by atoms with Crippen LogP contribution in [0, 0.1) is 5.92 Å². The smallest absolute Gasteiger partial charge is 0.0645 e. The number of benzene rings is 1. The number of aromatic nitrogens is 2. The highest BCUT2D eigenvalue weighted by Gasteiger charge is 2.21. The second kappa shape index (κ2) is 6.20. The minimum Gasteiger partial charge on any atom is -0.381 e. The first-order valence-electron chi connectivity index (χ1n) is 7.23. The Morgan fingerprint density at radius 3 is 3.00 bits per heavy atom. The van der Waals surface area contributed by atoms with E-state index in [1.165, 1.54) is 5.56 Å². The Labute approximate surface area is 119 Å². The summed E-state index contributed by atoms with van der Waals surface area (Å²) in [5.41, 5.74) is 2.30. The van der Waals surface area contributed by atoms with E-state index >= 15 is 0 Å². The Bertz CT molecular complexity index is 532. The molecule has 4 heteroatoms. The first-order chi connectivity index (χ1) is 9.83. The van der Waals surface area contributed by atoms with E-state index in [1.54, 1.807) is 0 Å². The molecule has 1 aliphatic rings. The fourth-order valence-corrected chi connectivity index (χ4v) is 2.57. The predicted octanol–water partition coefficient (Wildman–Crippen LogP) is 2.39. The first kappa shape index (κ1) is 13.3. The van der Waals surface area contributed by atoms with Gasteiger partial charge in [0.2, 0.25) is 0 Å². The average molecular weight is 271 g/mol. The monoisotopic (exact) mass is 271 g/mol. The summed E-state index contributed by atoms with van der Waals surface area (Å²) in [7, 11) is 0. The van der Waals surface area contributed by atoms with E-state index in [2.05, 4.69) is 35.7 Å². The molecular weight excluding hydrogens is 250 g/mol. The number of hydrogen-bond acceptors (Lipinski definition) is 3. The lowest BCUT2D eigenvalue weighted by Gasteiger charge is -2.18. The Kier molecular flexibility index (Phi) is 4.14. The molecule has 0 saturated carbocycles. The van der Waals surface area contributed by atoms with Crippen molar-refractivity contribution in [3.05, 3.63) is 48.3 Å². The van der Waals surface area contributed by atoms with Gasteiger partial charge < -0.3 is 10.1 Å². The topological polar surface area (TPSA) is 39.1 Å². The van der Waals surface area contributed by atoms with Crippen molar-refractivity contribution < 1.29 is 4.74 Å². The SMILES string of the molecule is CC(NCc1cnn(-c2ccccc2)c1)C1CCOC1. The first-order valence-corrected chi connectivity index (χ1v) is 7.23. The van der Waals surface area contributed by atoms with Crippen molar-refractivity contribution in [1.29, 1.82) is 0 Å². The molecule has 2 heterocycles. The molecule has 4 nitrogen and oxygen atoms in total. The van der Waals surface area contributed by atoms with Crippen LogP contribution in [0.5, 0.6) is 0 Å². The zero-order valence-electron chi connectivity index (χ0n) is 11.8. The van der Waals surface area contributed by atoms with Crippen molar-refractivity contribution in [2.45, 2.75) is 25.9 Å². The molecule has 2 unspecified atom stereocenters. The molecule has 20 heavy (non-hydrogen) atoms. The largest absolute Gasteiger partial charge is 0.381 e. The molecule has 0 radical (unpaired) electrons. The van der Waals surface area contributed by atoms with E-state index in [4.69, 9.17) is 4.74 Å². The summed E-state index contributed by atoms with van der Waals surface area (Å²) in [6, 6.07) is 10.7. The van der Waals surface area contributed by atoms with Crippen molar-refractivity contribution in [2.24, 2.45) is 5.92 Å². The van der Waals surface area contributed by atoms with E-state index in [0.717, 1.165) is 31.9 Å². The van der Waals surface area contributed by atoms with Crippen LogP contribution in [0.15, 0.2) is 42.7 Å². The quantitative estimate of drug-likeness (QED) is 0.907. The van der Waals surface area contributed by atoms with Gasteiger partial charge in [-0.2, -0.15) is 5.10 Å². The van der Waals surface area contributed by atoms with Gasteiger partial charge in [0.15, 0.2) is 0 Å². The number of nitrogens with zero attached hydrogens (tertiary/aromatic N) is 2. The van der Waals surface area contributed by atoms with Gasteiger partial charge in [0, 0.05) is 31.0 Å². The van der Waals surface area contributed by atoms with Gasteiger partial charge in [0.05, 0.1) is 18.5 Å². The maximum atomic E-state index is 5.44. The number of para-hydroxylation sites is 1. The maximum Gasteiger partial charge on any atom is 0.0645 e. The third-order valence-corrected chi connectivity index (χ3v) is 3.96. The molecule has 2 atom stereocenters. The van der Waals surface area contributed by atoms with Crippen LogP contribution in [-0.2, 0) is 11.3 Å². The van der Waals surface area contributed by atoms with Crippen molar-refractivity contribution in [2.75, 3.05) is 13.2 Å². The Morgan fingerprint density at radius 1 is 1.40 bits per heavy atom. The Balaban J connectivity index is 1.57. The molecule has 0 aliphatic carbocycles. The molecule has 0 spiro atoms. The van der Waals surface area contributed by atoms with Crippen molar-refractivity contribution in [3.8, 4) is 5.69 Å². The van der Waals surface area contributed by atoms with E-state index in [1.807, 2.05) is 29.1 Å². The zero-order chi connectivity index (χ0) is 13.8. The van der Waals surface area contributed by atoms with Crippen LogP contribution >= 0.6 is 0 Å². The molecule has 3 rings (SSSR count). The summed E-state index contributed by atoms with van der Waals surface area (Å²) in [6.07, 6.45) is 5.18. The zero-order valence-corrected chi connectivity index (χ0v) is 11.8. The summed E-state index contributed by atoms with van der Waals surface area (Å²) in [6.45, 7) is 4.88. The summed E-state index contributed by atoms with van der Waals surface area (Å²) in [5, 5.41) is 7.99. The molecule has 0 bridgehead atoms. The van der Waals surface area contributed by atoms with E-state index in [9.17, 15) is 0 Å². The van der Waals surface area contributed by atoms with Crippen LogP contribution in [0.4, 0.5) is 0 Å². The van der Waals surface area contributed by atoms with E-state index < -0.39 is 0 Å².